The van der Waals surface area contributed by atoms with Gasteiger partial charge in [0, 0.05) is 12.7 Å². The highest BCUT2D eigenvalue weighted by molar-refractivity contribution is 6.14. The number of fused-ring (bicyclic) bond motifs is 2. The van der Waals surface area contributed by atoms with Crippen molar-refractivity contribution in [1.82, 2.24) is 0 Å². The normalized spacial score (nSPS) is 16.7. The summed E-state index contributed by atoms with van der Waals surface area (Å²) in [5.74, 6) is -1.81. The summed E-state index contributed by atoms with van der Waals surface area (Å²) in [6.45, 7) is 3.29. The Bertz CT molecular complexity index is 961. The molecule has 0 aromatic heterocycles. The summed E-state index contributed by atoms with van der Waals surface area (Å²) < 4.78 is 16.9. The highest BCUT2D eigenvalue weighted by Crippen LogP contribution is 2.42. The number of methoxy groups -OCH3 is 1. The number of carbonyl (C=O) groups excluding carboxylic acids is 1. The van der Waals surface area contributed by atoms with Crippen molar-refractivity contribution in [3.63, 3.8) is 0 Å². The van der Waals surface area contributed by atoms with Gasteiger partial charge in [0.1, 0.15) is 22.8 Å². The maximum atomic E-state index is 13.1. The van der Waals surface area contributed by atoms with Gasteiger partial charge in [-0.15, -0.1) is 0 Å². The molecule has 0 fully saturated rings. The zero-order valence-electron chi connectivity index (χ0n) is 15.6. The van der Waals surface area contributed by atoms with E-state index in [9.17, 15) is 14.7 Å². The second kappa shape index (κ2) is 7.74. The first-order valence-electron chi connectivity index (χ1n) is 8.60. The van der Waals surface area contributed by atoms with Crippen LogP contribution in [0.15, 0.2) is 42.7 Å². The van der Waals surface area contributed by atoms with Gasteiger partial charge in [-0.05, 0) is 43.7 Å². The average molecular weight is 384 g/mol. The molecule has 1 aliphatic rings. The molecule has 0 aliphatic carbocycles. The zero-order chi connectivity index (χ0) is 20.4. The van der Waals surface area contributed by atoms with Gasteiger partial charge < -0.3 is 24.4 Å². The summed E-state index contributed by atoms with van der Waals surface area (Å²) in [7, 11) is 1.43. The van der Waals surface area contributed by atoms with Crippen LogP contribution in [0, 0.1) is 12.8 Å². The Morgan fingerprint density at radius 3 is 2.75 bits per heavy atom. The monoisotopic (exact) mass is 384 g/mol. The molecule has 1 aliphatic heterocycles. The maximum absolute atomic E-state index is 13.1. The first-order valence-corrected chi connectivity index (χ1v) is 8.60. The molecule has 0 spiro atoms. The standard InChI is InChI=1S/C21H20O7/c1-11-9-14(22)18-16(10-11)28-21(26-3)17-13(19(18)23)5-4-6-15(17)27-8-7-12(2)20(24)25/h4-10,12,21-22H,1-3H3,(H,24,25)/t12-,21?/m1/s1. The Balaban J connectivity index is 2.08. The highest BCUT2D eigenvalue weighted by atomic mass is 16.7. The summed E-state index contributed by atoms with van der Waals surface area (Å²) in [4.78, 5) is 24.0. The number of phenolic OH excluding ortho intramolecular Hbond substituents is 1. The van der Waals surface area contributed by atoms with Crippen molar-refractivity contribution >= 4 is 11.8 Å². The van der Waals surface area contributed by atoms with Crippen LogP contribution < -0.4 is 9.47 Å². The fraction of sp³-hybridized carbons (Fsp3) is 0.238. The smallest absolute Gasteiger partial charge is 0.310 e. The van der Waals surface area contributed by atoms with Crippen LogP contribution in [0.5, 0.6) is 17.2 Å². The molecular weight excluding hydrogens is 364 g/mol. The number of carbonyl (C=O) groups is 2. The summed E-state index contributed by atoms with van der Waals surface area (Å²) in [5.41, 5.74) is 1.41. The molecule has 0 bridgehead atoms. The molecule has 0 radical (unpaired) electrons. The number of benzene rings is 2. The second-order valence-electron chi connectivity index (χ2n) is 6.46. The van der Waals surface area contributed by atoms with Crippen molar-refractivity contribution in [2.75, 3.05) is 7.11 Å². The molecule has 28 heavy (non-hydrogen) atoms. The molecule has 1 heterocycles. The predicted molar refractivity (Wildman–Crippen MR) is 99.7 cm³/mol. The van der Waals surface area contributed by atoms with Gasteiger partial charge in [0.2, 0.25) is 12.1 Å². The Morgan fingerprint density at radius 1 is 1.32 bits per heavy atom. The number of aliphatic carboxylic acids is 1. The number of ketones is 1. The summed E-state index contributed by atoms with van der Waals surface area (Å²) in [6, 6.07) is 7.99. The van der Waals surface area contributed by atoms with Crippen molar-refractivity contribution in [2.24, 2.45) is 5.92 Å². The van der Waals surface area contributed by atoms with Crippen LogP contribution in [0.3, 0.4) is 0 Å². The third-order valence-electron chi connectivity index (χ3n) is 4.40. The van der Waals surface area contributed by atoms with Gasteiger partial charge >= 0.3 is 5.97 Å². The third-order valence-corrected chi connectivity index (χ3v) is 4.40. The number of ether oxygens (including phenoxy) is 3. The van der Waals surface area contributed by atoms with E-state index in [0.717, 1.165) is 5.56 Å². The quantitative estimate of drug-likeness (QED) is 0.760. The lowest BCUT2D eigenvalue weighted by Gasteiger charge is -2.19. The number of carboxylic acid groups (broad SMARTS) is 1. The highest BCUT2D eigenvalue weighted by Gasteiger charge is 2.33. The van der Waals surface area contributed by atoms with Crippen molar-refractivity contribution in [2.45, 2.75) is 20.1 Å². The molecule has 1 unspecified atom stereocenters. The number of hydrogen-bond donors (Lipinski definition) is 2. The number of carboxylic acids is 1. The van der Waals surface area contributed by atoms with E-state index in [4.69, 9.17) is 19.3 Å². The predicted octanol–water partition coefficient (Wildman–Crippen LogP) is 3.58. The van der Waals surface area contributed by atoms with E-state index in [1.165, 1.54) is 32.4 Å². The van der Waals surface area contributed by atoms with E-state index in [1.54, 1.807) is 31.2 Å². The van der Waals surface area contributed by atoms with Crippen molar-refractivity contribution in [3.8, 4) is 17.2 Å². The van der Waals surface area contributed by atoms with Gasteiger partial charge in [-0.3, -0.25) is 9.59 Å². The van der Waals surface area contributed by atoms with Gasteiger partial charge in [0.15, 0.2) is 0 Å². The van der Waals surface area contributed by atoms with Crippen molar-refractivity contribution < 1.29 is 34.0 Å². The van der Waals surface area contributed by atoms with Gasteiger partial charge in [-0.25, -0.2) is 0 Å². The summed E-state index contributed by atoms with van der Waals surface area (Å²) >= 11 is 0. The number of aryl methyl sites for hydroxylation is 1. The number of phenols is 1. The summed E-state index contributed by atoms with van der Waals surface area (Å²) in [6.07, 6.45) is 1.68. The maximum Gasteiger partial charge on any atom is 0.310 e. The first-order chi connectivity index (χ1) is 13.3. The van der Waals surface area contributed by atoms with Crippen LogP contribution in [-0.4, -0.2) is 29.1 Å². The minimum atomic E-state index is -0.985. The van der Waals surface area contributed by atoms with E-state index < -0.39 is 24.0 Å². The molecule has 0 amide bonds. The Hall–Kier alpha value is -3.32. The lowest BCUT2D eigenvalue weighted by molar-refractivity contribution is -0.139. The third kappa shape index (κ3) is 3.57. The van der Waals surface area contributed by atoms with E-state index in [2.05, 4.69) is 0 Å². The van der Waals surface area contributed by atoms with Crippen LogP contribution in [0.1, 0.15) is 40.3 Å². The molecule has 2 aromatic carbocycles. The lowest BCUT2D eigenvalue weighted by Crippen LogP contribution is -2.12. The average Bonchev–Trinajstić information content (AvgIpc) is 2.76. The van der Waals surface area contributed by atoms with E-state index in [-0.39, 0.29) is 28.4 Å². The molecule has 7 heteroatoms. The molecule has 0 saturated heterocycles. The summed E-state index contributed by atoms with van der Waals surface area (Å²) in [5, 5.41) is 19.3. The molecule has 2 atom stereocenters. The Morgan fingerprint density at radius 2 is 2.07 bits per heavy atom. The fourth-order valence-corrected chi connectivity index (χ4v) is 2.93. The van der Waals surface area contributed by atoms with Crippen LogP contribution in [-0.2, 0) is 9.53 Å². The Labute approximate surface area is 161 Å². The topological polar surface area (TPSA) is 102 Å². The van der Waals surface area contributed by atoms with Gasteiger partial charge in [0.25, 0.3) is 0 Å². The molecule has 3 rings (SSSR count). The SMILES string of the molecule is COC1Oc2cc(C)cc(O)c2C(=O)c2cccc(OC=C[C@@H](C)C(=O)O)c21. The molecule has 146 valence electrons. The van der Waals surface area contributed by atoms with E-state index in [0.29, 0.717) is 5.56 Å². The molecule has 2 N–H and O–H groups in total. The van der Waals surface area contributed by atoms with E-state index in [1.807, 2.05) is 0 Å². The largest absolute Gasteiger partial charge is 0.507 e. The number of rotatable bonds is 5. The Kier molecular flexibility index (Phi) is 5.37. The molecule has 7 nitrogen and oxygen atoms in total. The fourth-order valence-electron chi connectivity index (χ4n) is 2.93. The van der Waals surface area contributed by atoms with Gasteiger partial charge in [-0.1, -0.05) is 12.1 Å². The molecular formula is C21H20O7. The molecule has 2 aromatic rings. The minimum absolute atomic E-state index is 0.0543. The molecule has 0 saturated carbocycles. The minimum Gasteiger partial charge on any atom is -0.507 e. The van der Waals surface area contributed by atoms with Crippen LogP contribution in [0.2, 0.25) is 0 Å². The lowest BCUT2D eigenvalue weighted by atomic mass is 9.96. The van der Waals surface area contributed by atoms with Gasteiger partial charge in [0.05, 0.1) is 17.7 Å². The van der Waals surface area contributed by atoms with Crippen LogP contribution >= 0.6 is 0 Å². The van der Waals surface area contributed by atoms with Crippen LogP contribution in [0.25, 0.3) is 0 Å². The van der Waals surface area contributed by atoms with Crippen LogP contribution in [0.4, 0.5) is 0 Å². The zero-order valence-corrected chi connectivity index (χ0v) is 15.6. The van der Waals surface area contributed by atoms with Crippen molar-refractivity contribution in [1.29, 1.82) is 0 Å². The van der Waals surface area contributed by atoms with Gasteiger partial charge in [-0.2, -0.15) is 0 Å². The van der Waals surface area contributed by atoms with E-state index >= 15 is 0 Å². The number of hydrogen-bond acceptors (Lipinski definition) is 6. The first kappa shape index (κ1) is 19.4. The van der Waals surface area contributed by atoms with Crippen molar-refractivity contribution in [3.05, 3.63) is 64.9 Å². The second-order valence-corrected chi connectivity index (χ2v) is 6.46. The number of aromatic hydroxyl groups is 1.